The maximum atomic E-state index is 12.5. The van der Waals surface area contributed by atoms with Gasteiger partial charge < -0.3 is 39.5 Å². The Morgan fingerprint density at radius 2 is 0.671 bits per heavy atom. The van der Waals surface area contributed by atoms with E-state index in [9.17, 15) is 19.2 Å². The van der Waals surface area contributed by atoms with E-state index in [0.29, 0.717) is 56.6 Å². The number of aliphatic imine (C=N–C) groups is 4. The van der Waals surface area contributed by atoms with Crippen LogP contribution in [0.25, 0.3) is 0 Å². The lowest BCUT2D eigenvalue weighted by Crippen LogP contribution is -2.16. The molecule has 4 aliphatic heterocycles. The summed E-state index contributed by atoms with van der Waals surface area (Å²) in [5.74, 6) is -2.47. The largest absolute Gasteiger partial charge is 0.478 e. The highest BCUT2D eigenvalue weighted by atomic mass is 16.5. The van der Waals surface area contributed by atoms with Gasteiger partial charge in [-0.25, -0.2) is 19.2 Å². The number of hydrogen-bond donors (Lipinski definition) is 3. The summed E-state index contributed by atoms with van der Waals surface area (Å²) in [6.07, 6.45) is 5.01. The van der Waals surface area contributed by atoms with Crippen molar-refractivity contribution in [2.24, 2.45) is 20.0 Å². The smallest absolute Gasteiger partial charge is 0.338 e. The van der Waals surface area contributed by atoms with Crippen LogP contribution in [0.4, 0.5) is 22.7 Å². The van der Waals surface area contributed by atoms with E-state index in [1.54, 1.807) is 48.5 Å². The molecule has 6 aromatic carbocycles. The van der Waals surface area contributed by atoms with Crippen LogP contribution in [0, 0.1) is 0 Å². The van der Waals surface area contributed by atoms with Crippen molar-refractivity contribution in [3.63, 3.8) is 0 Å². The average molecular weight is 1070 g/mol. The average Bonchev–Trinajstić information content (AvgIpc) is 4.30. The molecule has 0 amide bonds. The van der Waals surface area contributed by atoms with E-state index in [2.05, 4.69) is 49.0 Å². The van der Waals surface area contributed by atoms with Gasteiger partial charge in [0.15, 0.2) is 0 Å². The van der Waals surface area contributed by atoms with Gasteiger partial charge in [-0.3, -0.25) is 20.0 Å². The predicted molar refractivity (Wildman–Crippen MR) is 309 cm³/mol. The summed E-state index contributed by atoms with van der Waals surface area (Å²) in [5, 5.41) is 26.6. The predicted octanol–water partition coefficient (Wildman–Crippen LogP) is 9.62. The molecular formula is C63H67N7O9. The molecule has 0 spiro atoms. The third kappa shape index (κ3) is 15.1. The number of esters is 2. The number of carboxylic acid groups (broad SMARTS) is 2. The summed E-state index contributed by atoms with van der Waals surface area (Å²) in [5.41, 5.74) is 16.7. The highest BCUT2D eigenvalue weighted by Gasteiger charge is 2.24. The zero-order valence-corrected chi connectivity index (χ0v) is 45.7. The summed E-state index contributed by atoms with van der Waals surface area (Å²) in [7, 11) is 12.0. The fourth-order valence-corrected chi connectivity index (χ4v) is 9.35. The fraction of sp³-hybridized carbons (Fsp3) is 0.302. The van der Waals surface area contributed by atoms with Crippen LogP contribution in [0.15, 0.2) is 141 Å². The second kappa shape index (κ2) is 26.4. The molecule has 0 saturated carbocycles. The molecule has 4 aliphatic rings. The number of nitrogens with zero attached hydrogens (tertiary/aromatic N) is 7. The van der Waals surface area contributed by atoms with Crippen molar-refractivity contribution in [3.05, 3.63) is 188 Å². The highest BCUT2D eigenvalue weighted by molar-refractivity contribution is 6.11. The fourth-order valence-electron chi connectivity index (χ4n) is 9.35. The van der Waals surface area contributed by atoms with E-state index in [0.717, 1.165) is 129 Å². The molecular weight excluding hydrogens is 999 g/mol. The lowest BCUT2D eigenvalue weighted by Gasteiger charge is -2.10. The second-order valence-electron chi connectivity index (χ2n) is 20.5. The van der Waals surface area contributed by atoms with Crippen LogP contribution in [-0.2, 0) is 35.2 Å². The van der Waals surface area contributed by atoms with Crippen molar-refractivity contribution in [1.82, 2.24) is 14.7 Å². The summed E-state index contributed by atoms with van der Waals surface area (Å²) in [6, 6.07) is 37.4. The molecule has 0 aromatic heterocycles. The van der Waals surface area contributed by atoms with Gasteiger partial charge >= 0.3 is 23.9 Å². The topological polar surface area (TPSA) is 207 Å². The minimum absolute atomic E-state index is 0.269. The SMILES string of the molecule is CN(C)CCCO.CN(C)CCCOC(=O)c1ccc2c(c1)CC(c1ccc(C3=Nc4ccc(C(=O)OCCCN(C)C)cc4C3)cc1)=N2.O=C(O)c1ccc2c(c1)CC(c1ccc(C3=Nc4ccc(C(=O)O)cc4C3)cc1)=N2. The molecule has 79 heavy (non-hydrogen) atoms. The van der Waals surface area contributed by atoms with Gasteiger partial charge in [-0.15, -0.1) is 0 Å². The van der Waals surface area contributed by atoms with Crippen molar-refractivity contribution in [2.45, 2.75) is 44.9 Å². The van der Waals surface area contributed by atoms with Gasteiger partial charge in [0.1, 0.15) is 0 Å². The normalized spacial score (nSPS) is 13.4. The number of fused-ring (bicyclic) bond motifs is 4. The van der Waals surface area contributed by atoms with Gasteiger partial charge in [-0.1, -0.05) is 48.5 Å². The van der Waals surface area contributed by atoms with E-state index >= 15 is 0 Å². The Bertz CT molecular complexity index is 3140. The molecule has 0 atom stereocenters. The number of carbonyl (C=O) groups excluding carboxylic acids is 2. The Labute approximate surface area is 461 Å². The van der Waals surface area contributed by atoms with Crippen molar-refractivity contribution in [1.29, 1.82) is 0 Å². The number of aromatic carboxylic acids is 2. The summed E-state index contributed by atoms with van der Waals surface area (Å²) in [6.45, 7) is 3.85. The molecule has 0 fully saturated rings. The van der Waals surface area contributed by atoms with Crippen LogP contribution in [0.2, 0.25) is 0 Å². The molecule has 0 aliphatic carbocycles. The van der Waals surface area contributed by atoms with E-state index in [4.69, 9.17) is 34.8 Å². The number of ether oxygens (including phenoxy) is 2. The Hall–Kier alpha value is -8.28. The molecule has 3 N–H and O–H groups in total. The molecule has 10 rings (SSSR count). The maximum absolute atomic E-state index is 12.5. The number of carboxylic acids is 2. The standard InChI is InChI=1S/C34H38N4O4.C24H16N2O4.C5H13NO/c1-37(2)15-5-17-41-33(39)25-11-13-29-27(19-25)21-31(35-29)23-7-9-24(10-8-23)32-22-28-20-26(12-14-30(28)36-32)34(40)42-18-6-16-38(3)4;27-23(28)15-5-7-19-17(9-15)11-21(25-19)13-1-2-14(4-3-13)22-12-18-10-16(24(29)30)6-8-20(18)26-22;1-6(2)4-3-5-7/h7-14,19-20H,5-6,15-18,21-22H2,1-4H3;1-10H,11-12H2,(H,27,28)(H,29,30);7H,3-5H2,1-2H3. The third-order valence-corrected chi connectivity index (χ3v) is 13.6. The van der Waals surface area contributed by atoms with Crippen molar-refractivity contribution in [3.8, 4) is 0 Å². The van der Waals surface area contributed by atoms with E-state index in [1.807, 2.05) is 90.8 Å². The second-order valence-corrected chi connectivity index (χ2v) is 20.5. The van der Waals surface area contributed by atoms with Crippen LogP contribution >= 0.6 is 0 Å². The van der Waals surface area contributed by atoms with E-state index in [1.165, 1.54) is 0 Å². The van der Waals surface area contributed by atoms with Crippen molar-refractivity contribution < 1.29 is 44.0 Å². The Morgan fingerprint density at radius 1 is 0.405 bits per heavy atom. The molecule has 16 heteroatoms. The minimum atomic E-state index is -0.940. The first-order valence-electron chi connectivity index (χ1n) is 26.4. The number of benzene rings is 6. The van der Waals surface area contributed by atoms with Gasteiger partial charge in [0.25, 0.3) is 0 Å². The zero-order chi connectivity index (χ0) is 56.2. The van der Waals surface area contributed by atoms with Crippen molar-refractivity contribution in [2.75, 3.05) is 81.7 Å². The number of aliphatic hydroxyl groups is 1. The van der Waals surface area contributed by atoms with Crippen LogP contribution in [0.1, 0.15) is 105 Å². The number of carbonyl (C=O) groups is 4. The highest BCUT2D eigenvalue weighted by Crippen LogP contribution is 2.34. The van der Waals surface area contributed by atoms with Gasteiger partial charge in [0.05, 0.1) is 81.1 Å². The van der Waals surface area contributed by atoms with Crippen LogP contribution in [-0.4, -0.2) is 158 Å². The molecule has 0 bridgehead atoms. The maximum Gasteiger partial charge on any atom is 0.338 e. The monoisotopic (exact) mass is 1070 g/mol. The Kier molecular flexibility index (Phi) is 19.0. The first kappa shape index (κ1) is 56.9. The summed E-state index contributed by atoms with van der Waals surface area (Å²) < 4.78 is 10.9. The molecule has 0 saturated heterocycles. The van der Waals surface area contributed by atoms with Gasteiger partial charge in [0, 0.05) is 45.4 Å². The number of hydrogen-bond acceptors (Lipinski definition) is 14. The molecule has 408 valence electrons. The van der Waals surface area contributed by atoms with Gasteiger partial charge in [-0.05, 0) is 185 Å². The minimum Gasteiger partial charge on any atom is -0.478 e. The van der Waals surface area contributed by atoms with E-state index < -0.39 is 11.9 Å². The quantitative estimate of drug-likeness (QED) is 0.0512. The van der Waals surface area contributed by atoms with Crippen molar-refractivity contribution >= 4 is 69.5 Å². The first-order chi connectivity index (χ1) is 38.0. The first-order valence-corrected chi connectivity index (χ1v) is 26.4. The number of aliphatic hydroxyl groups excluding tert-OH is 1. The van der Waals surface area contributed by atoms with Crippen LogP contribution in [0.5, 0.6) is 0 Å². The van der Waals surface area contributed by atoms with Gasteiger partial charge in [-0.2, -0.15) is 0 Å². The van der Waals surface area contributed by atoms with Crippen LogP contribution < -0.4 is 0 Å². The van der Waals surface area contributed by atoms with E-state index in [-0.39, 0.29) is 23.1 Å². The summed E-state index contributed by atoms with van der Waals surface area (Å²) >= 11 is 0. The van der Waals surface area contributed by atoms with Crippen LogP contribution in [0.3, 0.4) is 0 Å². The Balaban J connectivity index is 0.000000193. The lowest BCUT2D eigenvalue weighted by molar-refractivity contribution is 0.0484. The molecule has 6 aromatic rings. The molecule has 16 nitrogen and oxygen atoms in total. The Morgan fingerprint density at radius 3 is 0.924 bits per heavy atom. The third-order valence-electron chi connectivity index (χ3n) is 13.6. The lowest BCUT2D eigenvalue weighted by atomic mass is 9.99. The zero-order valence-electron chi connectivity index (χ0n) is 45.7. The molecule has 0 unspecified atom stereocenters. The number of rotatable bonds is 19. The van der Waals surface area contributed by atoms with Gasteiger partial charge in [0.2, 0.25) is 0 Å². The molecule has 0 radical (unpaired) electrons. The molecule has 4 heterocycles. The summed E-state index contributed by atoms with van der Waals surface area (Å²) in [4.78, 5) is 72.5.